The number of nitrogens with one attached hydrogen (secondary N) is 1. The average molecular weight is 323 g/mol. The van der Waals surface area contributed by atoms with Crippen LogP contribution in [0.1, 0.15) is 15.9 Å². The van der Waals surface area contributed by atoms with Gasteiger partial charge in [-0.05, 0) is 28.1 Å². The number of hydrogen-bond acceptors (Lipinski definition) is 3. The molecule has 0 unspecified atom stereocenters. The lowest BCUT2D eigenvalue weighted by Gasteiger charge is -2.08. The average Bonchev–Trinajstić information content (AvgIpc) is 2.65. The zero-order valence-electron chi connectivity index (χ0n) is 8.93. The van der Waals surface area contributed by atoms with E-state index >= 15 is 0 Å². The van der Waals surface area contributed by atoms with Gasteiger partial charge in [0, 0.05) is 0 Å². The topological polar surface area (TPSA) is 55.0 Å². The minimum absolute atomic E-state index is 0.108. The van der Waals surface area contributed by atoms with E-state index in [4.69, 9.17) is 0 Å². The molecule has 0 aliphatic heterocycles. The van der Waals surface area contributed by atoms with Gasteiger partial charge in [-0.3, -0.25) is 0 Å². The predicted octanol–water partition coefficient (Wildman–Crippen LogP) is 3.13. The van der Waals surface area contributed by atoms with Crippen molar-refractivity contribution in [2.24, 2.45) is 0 Å². The van der Waals surface area contributed by atoms with Gasteiger partial charge in [0.05, 0.1) is 23.8 Å². The smallest absolute Gasteiger partial charge is 0.416 e. The quantitative estimate of drug-likeness (QED) is 0.821. The number of benzene rings is 1. The molecule has 4 nitrogen and oxygen atoms in total. The number of alkyl halides is 3. The molecule has 1 heterocycles. The molecule has 18 heavy (non-hydrogen) atoms. The molecule has 0 aliphatic rings. The van der Waals surface area contributed by atoms with Crippen LogP contribution in [0.3, 0.4) is 0 Å². The number of hydrogen-bond donors (Lipinski definition) is 1. The minimum Gasteiger partial charge on any atom is -0.465 e. The van der Waals surface area contributed by atoms with E-state index in [1.54, 1.807) is 0 Å². The number of H-pyrrole nitrogens is 1. The van der Waals surface area contributed by atoms with Crippen LogP contribution in [0.4, 0.5) is 13.2 Å². The largest absolute Gasteiger partial charge is 0.465 e. The van der Waals surface area contributed by atoms with Crippen LogP contribution in [0, 0.1) is 0 Å². The molecule has 1 aromatic heterocycles. The van der Waals surface area contributed by atoms with E-state index in [1.807, 2.05) is 0 Å². The molecule has 8 heteroatoms. The first-order chi connectivity index (χ1) is 8.32. The van der Waals surface area contributed by atoms with E-state index in [-0.39, 0.29) is 21.3 Å². The molecule has 0 radical (unpaired) electrons. The van der Waals surface area contributed by atoms with Crippen LogP contribution in [0.2, 0.25) is 0 Å². The molecular weight excluding hydrogens is 317 g/mol. The first kappa shape index (κ1) is 12.9. The number of rotatable bonds is 1. The molecule has 1 N–H and O–H groups in total. The highest BCUT2D eigenvalue weighted by atomic mass is 79.9. The fraction of sp³-hybridized carbons (Fsp3) is 0.200. The van der Waals surface area contributed by atoms with Crippen molar-refractivity contribution in [2.45, 2.75) is 6.18 Å². The maximum absolute atomic E-state index is 12.7. The summed E-state index contributed by atoms with van der Waals surface area (Å²) in [4.78, 5) is 17.9. The second-order valence-electron chi connectivity index (χ2n) is 3.44. The summed E-state index contributed by atoms with van der Waals surface area (Å²) in [7, 11) is 1.09. The summed E-state index contributed by atoms with van der Waals surface area (Å²) in [5.74, 6) is -0.870. The van der Waals surface area contributed by atoms with Gasteiger partial charge < -0.3 is 9.72 Å². The third kappa shape index (κ3) is 2.20. The van der Waals surface area contributed by atoms with E-state index in [0.29, 0.717) is 0 Å². The first-order valence-corrected chi connectivity index (χ1v) is 5.47. The Balaban J connectivity index is 2.76. The summed E-state index contributed by atoms with van der Waals surface area (Å²) in [5, 5.41) is 0. The van der Waals surface area contributed by atoms with Crippen LogP contribution in [-0.4, -0.2) is 23.0 Å². The van der Waals surface area contributed by atoms with Crippen molar-refractivity contribution in [1.82, 2.24) is 9.97 Å². The number of aromatic nitrogens is 2. The Morgan fingerprint density at radius 2 is 2.11 bits per heavy atom. The standard InChI is InChI=1S/C10H6BrF3N2O2/c1-18-8(17)5-2-4(10(12,13)14)3-6-7(5)16-9(11)15-6/h2-3H,1H3,(H,15,16). The van der Waals surface area contributed by atoms with Gasteiger partial charge in [-0.2, -0.15) is 13.2 Å². The summed E-state index contributed by atoms with van der Waals surface area (Å²) >= 11 is 3.00. The molecule has 0 atom stereocenters. The SMILES string of the molecule is COC(=O)c1cc(C(F)(F)F)cc2[nH]c(Br)nc12. The van der Waals surface area contributed by atoms with Crippen molar-refractivity contribution >= 4 is 32.9 Å². The molecule has 0 fully saturated rings. The molecule has 2 rings (SSSR count). The van der Waals surface area contributed by atoms with Crippen LogP contribution in [0.5, 0.6) is 0 Å². The molecule has 0 saturated carbocycles. The number of methoxy groups -OCH3 is 1. The van der Waals surface area contributed by atoms with Gasteiger partial charge >= 0.3 is 12.1 Å². The van der Waals surface area contributed by atoms with E-state index in [1.165, 1.54) is 0 Å². The maximum Gasteiger partial charge on any atom is 0.416 e. The van der Waals surface area contributed by atoms with Gasteiger partial charge in [0.1, 0.15) is 5.52 Å². The number of ether oxygens (including phenoxy) is 1. The summed E-state index contributed by atoms with van der Waals surface area (Å²) < 4.78 is 42.7. The van der Waals surface area contributed by atoms with E-state index in [2.05, 4.69) is 30.6 Å². The molecule has 0 saturated heterocycles. The van der Waals surface area contributed by atoms with Gasteiger partial charge in [0.2, 0.25) is 0 Å². The molecule has 0 aliphatic carbocycles. The summed E-state index contributed by atoms with van der Waals surface area (Å²) in [6.07, 6.45) is -4.55. The first-order valence-electron chi connectivity index (χ1n) is 4.67. The lowest BCUT2D eigenvalue weighted by Crippen LogP contribution is -2.09. The highest BCUT2D eigenvalue weighted by molar-refractivity contribution is 9.10. The highest BCUT2D eigenvalue weighted by Crippen LogP contribution is 2.33. The van der Waals surface area contributed by atoms with E-state index in [0.717, 1.165) is 19.2 Å². The number of imidazole rings is 1. The van der Waals surface area contributed by atoms with Crippen molar-refractivity contribution in [3.63, 3.8) is 0 Å². The Hall–Kier alpha value is -1.57. The molecular formula is C10H6BrF3N2O2. The van der Waals surface area contributed by atoms with Crippen molar-refractivity contribution in [2.75, 3.05) is 7.11 Å². The second kappa shape index (κ2) is 4.27. The Morgan fingerprint density at radius 1 is 1.44 bits per heavy atom. The maximum atomic E-state index is 12.7. The molecule has 96 valence electrons. The number of esters is 1. The molecule has 2 aromatic rings. The fourth-order valence-electron chi connectivity index (χ4n) is 1.52. The van der Waals surface area contributed by atoms with Gasteiger partial charge in [-0.1, -0.05) is 0 Å². The Bertz CT molecular complexity index is 621. The summed E-state index contributed by atoms with van der Waals surface area (Å²) in [6, 6.07) is 1.61. The highest BCUT2D eigenvalue weighted by Gasteiger charge is 2.33. The Labute approximate surface area is 107 Å². The van der Waals surface area contributed by atoms with Gasteiger partial charge in [-0.15, -0.1) is 0 Å². The molecule has 0 spiro atoms. The fourth-order valence-corrected chi connectivity index (χ4v) is 1.91. The van der Waals surface area contributed by atoms with Crippen molar-refractivity contribution in [1.29, 1.82) is 0 Å². The van der Waals surface area contributed by atoms with Crippen LogP contribution in [-0.2, 0) is 10.9 Å². The van der Waals surface area contributed by atoms with Crippen LogP contribution < -0.4 is 0 Å². The van der Waals surface area contributed by atoms with Gasteiger partial charge in [0.25, 0.3) is 0 Å². The van der Waals surface area contributed by atoms with Crippen LogP contribution >= 0.6 is 15.9 Å². The normalized spacial score (nSPS) is 11.8. The summed E-state index contributed by atoms with van der Waals surface area (Å²) in [6.45, 7) is 0. The number of nitrogens with zero attached hydrogens (tertiary/aromatic N) is 1. The second-order valence-corrected chi connectivity index (χ2v) is 4.19. The lowest BCUT2D eigenvalue weighted by molar-refractivity contribution is -0.137. The summed E-state index contributed by atoms with van der Waals surface area (Å²) in [5.41, 5.74) is -0.936. The monoisotopic (exact) mass is 322 g/mol. The Morgan fingerprint density at radius 3 is 2.67 bits per heavy atom. The van der Waals surface area contributed by atoms with Crippen molar-refractivity contribution < 1.29 is 22.7 Å². The van der Waals surface area contributed by atoms with E-state index in [9.17, 15) is 18.0 Å². The van der Waals surface area contributed by atoms with Crippen molar-refractivity contribution in [3.8, 4) is 0 Å². The zero-order chi connectivity index (χ0) is 13.5. The van der Waals surface area contributed by atoms with Gasteiger partial charge in [-0.25, -0.2) is 9.78 Å². The minimum atomic E-state index is -4.55. The van der Waals surface area contributed by atoms with Gasteiger partial charge in [0.15, 0.2) is 4.73 Å². The van der Waals surface area contributed by atoms with E-state index < -0.39 is 17.7 Å². The van der Waals surface area contributed by atoms with Crippen molar-refractivity contribution in [3.05, 3.63) is 28.0 Å². The van der Waals surface area contributed by atoms with Crippen LogP contribution in [0.25, 0.3) is 11.0 Å². The Kier molecular flexibility index (Phi) is 3.05. The predicted molar refractivity (Wildman–Crippen MR) is 60.1 cm³/mol. The molecule has 0 bridgehead atoms. The zero-order valence-corrected chi connectivity index (χ0v) is 10.5. The number of carbonyl (C=O) groups excluding carboxylic acids is 1. The lowest BCUT2D eigenvalue weighted by atomic mass is 10.1. The molecule has 1 aromatic carbocycles. The number of aromatic amines is 1. The number of halogens is 4. The number of carbonyl (C=O) groups is 1. The third-order valence-electron chi connectivity index (χ3n) is 2.29. The number of fused-ring (bicyclic) bond motifs is 1. The third-order valence-corrected chi connectivity index (χ3v) is 2.67. The van der Waals surface area contributed by atoms with Crippen LogP contribution in [0.15, 0.2) is 16.9 Å². The molecule has 0 amide bonds.